The minimum absolute atomic E-state index is 0.230. The van der Waals surface area contributed by atoms with E-state index in [1.54, 1.807) is 12.5 Å². The number of nitrogens with one attached hydrogen (secondary N) is 2. The number of aromatic nitrogens is 2. The Morgan fingerprint density at radius 3 is 3.07 bits per heavy atom. The van der Waals surface area contributed by atoms with E-state index < -0.39 is 0 Å². The second-order valence-corrected chi connectivity index (χ2v) is 2.94. The molecule has 1 aromatic heterocycles. The number of hydrogen-bond donors (Lipinski definition) is 2. The van der Waals surface area contributed by atoms with Crippen LogP contribution < -0.4 is 5.32 Å². The Morgan fingerprint density at radius 2 is 2.57 bits per heavy atom. The quantitative estimate of drug-likeness (QED) is 0.672. The van der Waals surface area contributed by atoms with Crippen molar-refractivity contribution < 1.29 is 9.53 Å². The zero-order valence-electron chi connectivity index (χ0n) is 8.41. The molecule has 0 radical (unpaired) electrons. The van der Waals surface area contributed by atoms with Crippen LogP contribution in [0.15, 0.2) is 12.5 Å². The largest absolute Gasteiger partial charge is 0.468 e. The molecule has 0 aliphatic carbocycles. The molecule has 5 heteroatoms. The average Bonchev–Trinajstić information content (AvgIpc) is 2.71. The molecule has 2 N–H and O–H groups in total. The van der Waals surface area contributed by atoms with Gasteiger partial charge >= 0.3 is 5.97 Å². The van der Waals surface area contributed by atoms with Crippen molar-refractivity contribution in [2.75, 3.05) is 7.11 Å². The zero-order valence-corrected chi connectivity index (χ0v) is 8.41. The van der Waals surface area contributed by atoms with E-state index in [2.05, 4.69) is 20.0 Å². The van der Waals surface area contributed by atoms with E-state index in [0.717, 1.165) is 5.69 Å². The van der Waals surface area contributed by atoms with Crippen LogP contribution in [0, 0.1) is 0 Å². The summed E-state index contributed by atoms with van der Waals surface area (Å²) in [5.41, 5.74) is 0.951. The molecule has 1 atom stereocenters. The lowest BCUT2D eigenvalue weighted by molar-refractivity contribution is -0.143. The van der Waals surface area contributed by atoms with Crippen molar-refractivity contribution in [2.45, 2.75) is 25.9 Å². The van der Waals surface area contributed by atoms with E-state index in [1.807, 2.05) is 6.92 Å². The predicted molar refractivity (Wildman–Crippen MR) is 51.5 cm³/mol. The van der Waals surface area contributed by atoms with Crippen LogP contribution in [0.2, 0.25) is 0 Å². The van der Waals surface area contributed by atoms with Gasteiger partial charge < -0.3 is 9.72 Å². The van der Waals surface area contributed by atoms with Gasteiger partial charge in [0.25, 0.3) is 0 Å². The highest BCUT2D eigenvalue weighted by Gasteiger charge is 2.15. The third-order valence-electron chi connectivity index (χ3n) is 1.99. The maximum atomic E-state index is 11.2. The molecule has 0 aromatic carbocycles. The number of nitrogens with zero attached hydrogens (tertiary/aromatic N) is 1. The van der Waals surface area contributed by atoms with Crippen molar-refractivity contribution in [3.63, 3.8) is 0 Å². The van der Waals surface area contributed by atoms with Gasteiger partial charge in [-0.15, -0.1) is 0 Å². The number of imidazole rings is 1. The fourth-order valence-electron chi connectivity index (χ4n) is 1.15. The fraction of sp³-hybridized carbons (Fsp3) is 0.556. The lowest BCUT2D eigenvalue weighted by Crippen LogP contribution is -2.36. The minimum atomic E-state index is -0.247. The molecule has 0 saturated heterocycles. The Kier molecular flexibility index (Phi) is 4.12. The molecule has 1 aromatic rings. The van der Waals surface area contributed by atoms with Gasteiger partial charge in [-0.1, -0.05) is 6.92 Å². The summed E-state index contributed by atoms with van der Waals surface area (Å²) in [4.78, 5) is 18.0. The zero-order chi connectivity index (χ0) is 10.4. The summed E-state index contributed by atoms with van der Waals surface area (Å²) in [5.74, 6) is -0.230. The number of esters is 1. The van der Waals surface area contributed by atoms with Crippen LogP contribution in [0.5, 0.6) is 0 Å². The smallest absolute Gasteiger partial charge is 0.322 e. The second kappa shape index (κ2) is 5.39. The number of ether oxygens (including phenoxy) is 1. The summed E-state index contributed by atoms with van der Waals surface area (Å²) in [6.45, 7) is 2.52. The SMILES string of the molecule is CCC(NCc1cnc[nH]1)C(=O)OC. The first-order chi connectivity index (χ1) is 6.77. The van der Waals surface area contributed by atoms with Crippen molar-refractivity contribution in [1.29, 1.82) is 0 Å². The van der Waals surface area contributed by atoms with Crippen LogP contribution in [0.3, 0.4) is 0 Å². The first-order valence-corrected chi connectivity index (χ1v) is 4.56. The lowest BCUT2D eigenvalue weighted by Gasteiger charge is -2.13. The molecule has 0 saturated carbocycles. The van der Waals surface area contributed by atoms with Crippen LogP contribution in [-0.2, 0) is 16.1 Å². The molecule has 78 valence electrons. The maximum absolute atomic E-state index is 11.2. The molecule has 0 amide bonds. The van der Waals surface area contributed by atoms with Gasteiger partial charge in [-0.3, -0.25) is 10.1 Å². The van der Waals surface area contributed by atoms with Crippen LogP contribution >= 0.6 is 0 Å². The molecule has 1 heterocycles. The third-order valence-corrected chi connectivity index (χ3v) is 1.99. The van der Waals surface area contributed by atoms with E-state index >= 15 is 0 Å². The van der Waals surface area contributed by atoms with Crippen molar-refractivity contribution in [1.82, 2.24) is 15.3 Å². The molecule has 0 bridgehead atoms. The first kappa shape index (κ1) is 10.7. The van der Waals surface area contributed by atoms with E-state index in [4.69, 9.17) is 0 Å². The molecule has 14 heavy (non-hydrogen) atoms. The summed E-state index contributed by atoms with van der Waals surface area (Å²) in [6, 6.07) is -0.247. The highest BCUT2D eigenvalue weighted by molar-refractivity contribution is 5.75. The van der Waals surface area contributed by atoms with E-state index in [0.29, 0.717) is 13.0 Å². The number of aromatic amines is 1. The number of carbonyl (C=O) groups excluding carboxylic acids is 1. The molecule has 0 aliphatic rings. The number of H-pyrrole nitrogens is 1. The summed E-state index contributed by atoms with van der Waals surface area (Å²) < 4.78 is 4.65. The molecule has 1 unspecified atom stereocenters. The number of carbonyl (C=O) groups is 1. The molecule has 1 rings (SSSR count). The van der Waals surface area contributed by atoms with Crippen molar-refractivity contribution >= 4 is 5.97 Å². The summed E-state index contributed by atoms with van der Waals surface area (Å²) >= 11 is 0. The number of methoxy groups -OCH3 is 1. The minimum Gasteiger partial charge on any atom is -0.468 e. The van der Waals surface area contributed by atoms with Gasteiger partial charge in [-0.25, -0.2) is 4.98 Å². The Labute approximate surface area is 82.9 Å². The van der Waals surface area contributed by atoms with Crippen LogP contribution in [0.1, 0.15) is 19.0 Å². The van der Waals surface area contributed by atoms with Crippen LogP contribution in [0.4, 0.5) is 0 Å². The number of rotatable bonds is 5. The fourth-order valence-corrected chi connectivity index (χ4v) is 1.15. The summed E-state index contributed by atoms with van der Waals surface area (Å²) in [6.07, 6.45) is 4.04. The Balaban J connectivity index is 2.38. The highest BCUT2D eigenvalue weighted by atomic mass is 16.5. The molecule has 0 fully saturated rings. The summed E-state index contributed by atoms with van der Waals surface area (Å²) in [5, 5.41) is 3.08. The topological polar surface area (TPSA) is 67.0 Å². The maximum Gasteiger partial charge on any atom is 0.322 e. The monoisotopic (exact) mass is 197 g/mol. The van der Waals surface area contributed by atoms with Gasteiger partial charge in [-0.05, 0) is 6.42 Å². The standard InChI is InChI=1S/C9H15N3O2/c1-3-8(9(13)14-2)11-5-7-4-10-6-12-7/h4,6,8,11H,3,5H2,1-2H3,(H,10,12). The second-order valence-electron chi connectivity index (χ2n) is 2.94. The first-order valence-electron chi connectivity index (χ1n) is 4.56. The normalized spacial score (nSPS) is 12.4. The van der Waals surface area contributed by atoms with Crippen LogP contribution in [0.25, 0.3) is 0 Å². The number of hydrogen-bond acceptors (Lipinski definition) is 4. The average molecular weight is 197 g/mol. The predicted octanol–water partition coefficient (Wildman–Crippen LogP) is 0.451. The van der Waals surface area contributed by atoms with Crippen LogP contribution in [-0.4, -0.2) is 29.1 Å². The molecular weight excluding hydrogens is 182 g/mol. The van der Waals surface area contributed by atoms with Crippen molar-refractivity contribution in [3.8, 4) is 0 Å². The van der Waals surface area contributed by atoms with Gasteiger partial charge in [0.1, 0.15) is 6.04 Å². The van der Waals surface area contributed by atoms with Gasteiger partial charge in [0.05, 0.1) is 13.4 Å². The molecule has 0 spiro atoms. The lowest BCUT2D eigenvalue weighted by atomic mass is 10.2. The third kappa shape index (κ3) is 2.85. The van der Waals surface area contributed by atoms with Crippen molar-refractivity contribution in [3.05, 3.63) is 18.2 Å². The van der Waals surface area contributed by atoms with E-state index in [9.17, 15) is 4.79 Å². The van der Waals surface area contributed by atoms with E-state index in [-0.39, 0.29) is 12.0 Å². The Hall–Kier alpha value is -1.36. The molecule has 5 nitrogen and oxygen atoms in total. The van der Waals surface area contributed by atoms with Gasteiger partial charge in [-0.2, -0.15) is 0 Å². The van der Waals surface area contributed by atoms with Gasteiger partial charge in [0.2, 0.25) is 0 Å². The molecule has 0 aliphatic heterocycles. The van der Waals surface area contributed by atoms with Gasteiger partial charge in [0, 0.05) is 18.4 Å². The van der Waals surface area contributed by atoms with E-state index in [1.165, 1.54) is 7.11 Å². The Morgan fingerprint density at radius 1 is 1.79 bits per heavy atom. The van der Waals surface area contributed by atoms with Gasteiger partial charge in [0.15, 0.2) is 0 Å². The van der Waals surface area contributed by atoms with Crippen molar-refractivity contribution in [2.24, 2.45) is 0 Å². The molecular formula is C9H15N3O2. The summed E-state index contributed by atoms with van der Waals surface area (Å²) in [7, 11) is 1.39. The Bertz CT molecular complexity index is 272. The highest BCUT2D eigenvalue weighted by Crippen LogP contribution is 1.97.